The van der Waals surface area contributed by atoms with Crippen molar-refractivity contribution in [3.8, 4) is 6.07 Å². The Labute approximate surface area is 222 Å². The molecule has 1 saturated carbocycles. The molecule has 1 heterocycles. The maximum absolute atomic E-state index is 13.5. The van der Waals surface area contributed by atoms with Gasteiger partial charge in [-0.3, -0.25) is 14.4 Å². The van der Waals surface area contributed by atoms with Gasteiger partial charge in [0.05, 0.1) is 15.2 Å². The molecule has 2 aromatic rings. The number of fused-ring (bicyclic) bond motifs is 1. The Bertz CT molecular complexity index is 1160. The molecular formula is C28H37N5O3S. The number of aromatic nitrogens is 1. The predicted molar refractivity (Wildman–Crippen MR) is 146 cm³/mol. The molecule has 198 valence electrons. The minimum absolute atomic E-state index is 0.169. The van der Waals surface area contributed by atoms with E-state index in [1.165, 1.54) is 23.3 Å². The predicted octanol–water partition coefficient (Wildman–Crippen LogP) is 3.95. The van der Waals surface area contributed by atoms with Crippen LogP contribution in [0.3, 0.4) is 0 Å². The van der Waals surface area contributed by atoms with Crippen molar-refractivity contribution in [1.82, 2.24) is 20.9 Å². The number of amides is 3. The monoisotopic (exact) mass is 523 g/mol. The second kappa shape index (κ2) is 13.9. The normalized spacial score (nSPS) is 15.4. The molecule has 1 fully saturated rings. The van der Waals surface area contributed by atoms with Crippen molar-refractivity contribution >= 4 is 39.3 Å². The minimum atomic E-state index is -0.780. The molecule has 37 heavy (non-hydrogen) atoms. The molecule has 8 nitrogen and oxygen atoms in total. The number of nitrogens with one attached hydrogen (secondary N) is 3. The van der Waals surface area contributed by atoms with E-state index in [2.05, 4.69) is 41.6 Å². The first kappa shape index (κ1) is 28.3. The summed E-state index contributed by atoms with van der Waals surface area (Å²) in [5.74, 6) is -0.598. The van der Waals surface area contributed by atoms with Gasteiger partial charge in [-0.2, -0.15) is 5.26 Å². The Kier molecular flexibility index (Phi) is 10.6. The van der Waals surface area contributed by atoms with E-state index in [1.54, 1.807) is 13.0 Å². The summed E-state index contributed by atoms with van der Waals surface area (Å²) in [4.78, 5) is 42.6. The lowest BCUT2D eigenvalue weighted by Gasteiger charge is -2.29. The van der Waals surface area contributed by atoms with Crippen LogP contribution in [0.1, 0.15) is 69.4 Å². The first-order chi connectivity index (χ1) is 17.8. The van der Waals surface area contributed by atoms with Gasteiger partial charge in [0.25, 0.3) is 5.91 Å². The van der Waals surface area contributed by atoms with Crippen LogP contribution in [0.5, 0.6) is 0 Å². The van der Waals surface area contributed by atoms with Crippen LogP contribution in [-0.4, -0.2) is 41.3 Å². The van der Waals surface area contributed by atoms with Gasteiger partial charge in [-0.25, -0.2) is 4.98 Å². The average Bonchev–Trinajstić information content (AvgIpc) is 3.32. The van der Waals surface area contributed by atoms with Gasteiger partial charge in [-0.15, -0.1) is 11.3 Å². The van der Waals surface area contributed by atoms with Crippen LogP contribution in [0.4, 0.5) is 0 Å². The third kappa shape index (κ3) is 8.39. The molecule has 0 saturated heterocycles. The van der Waals surface area contributed by atoms with Crippen molar-refractivity contribution < 1.29 is 14.4 Å². The number of rotatable bonds is 12. The van der Waals surface area contributed by atoms with Gasteiger partial charge >= 0.3 is 0 Å². The lowest BCUT2D eigenvalue weighted by Crippen LogP contribution is -2.53. The fraction of sp³-hybridized carbons (Fsp3) is 0.536. The highest BCUT2D eigenvalue weighted by molar-refractivity contribution is 7.18. The number of hydrogen-bond donors (Lipinski definition) is 3. The number of carbonyl (C=O) groups is 3. The van der Waals surface area contributed by atoms with E-state index in [4.69, 9.17) is 10.2 Å². The summed E-state index contributed by atoms with van der Waals surface area (Å²) < 4.78 is 1.06. The summed E-state index contributed by atoms with van der Waals surface area (Å²) >= 11 is 1.53. The van der Waals surface area contributed by atoms with E-state index in [0.29, 0.717) is 5.92 Å². The Morgan fingerprint density at radius 1 is 1.19 bits per heavy atom. The van der Waals surface area contributed by atoms with Crippen molar-refractivity contribution in [2.24, 2.45) is 5.92 Å². The van der Waals surface area contributed by atoms with Crippen LogP contribution in [0.2, 0.25) is 0 Å². The van der Waals surface area contributed by atoms with Crippen molar-refractivity contribution in [3.05, 3.63) is 40.9 Å². The van der Waals surface area contributed by atoms with Crippen LogP contribution in [0.25, 0.3) is 10.2 Å². The molecule has 3 rings (SSSR count). The molecule has 0 aliphatic heterocycles. The molecule has 1 aliphatic carbocycles. The van der Waals surface area contributed by atoms with E-state index in [0.717, 1.165) is 53.7 Å². The van der Waals surface area contributed by atoms with Gasteiger partial charge in [-0.05, 0) is 36.5 Å². The molecule has 1 aromatic carbocycles. The second-order valence-corrected chi connectivity index (χ2v) is 10.8. The van der Waals surface area contributed by atoms with E-state index in [9.17, 15) is 14.4 Å². The van der Waals surface area contributed by atoms with Crippen LogP contribution in [-0.2, 0) is 27.2 Å². The van der Waals surface area contributed by atoms with E-state index in [1.807, 2.05) is 6.07 Å². The van der Waals surface area contributed by atoms with Gasteiger partial charge < -0.3 is 16.0 Å². The molecule has 0 spiro atoms. The van der Waals surface area contributed by atoms with Crippen molar-refractivity contribution in [2.75, 3.05) is 6.54 Å². The molecule has 1 aliphatic rings. The standard InChI is InChI=1S/C28H37N5O3S/c1-4-19-11-12-22-24(14-19)37-26(33-22)15-23(32-25(34)5-2)28(36)31-21(13-20-9-7-6-8-10-20)17-30-27(35)18(3)16-29/h11-12,14,20-21,23H,3-10,13,15,17H2,1-2H3,(H,30,35)(H,31,36)(H,32,34)/t21-,23-/m0/s1. The number of hydrogen-bond acceptors (Lipinski definition) is 6. The number of nitrogens with zero attached hydrogens (tertiary/aromatic N) is 2. The van der Waals surface area contributed by atoms with E-state index >= 15 is 0 Å². The Balaban J connectivity index is 1.75. The van der Waals surface area contributed by atoms with Crippen molar-refractivity contribution in [2.45, 2.75) is 83.7 Å². The van der Waals surface area contributed by atoms with Crippen molar-refractivity contribution in [1.29, 1.82) is 5.26 Å². The number of benzene rings is 1. The summed E-state index contributed by atoms with van der Waals surface area (Å²) in [6, 6.07) is 6.82. The molecule has 2 atom stereocenters. The first-order valence-corrected chi connectivity index (χ1v) is 14.0. The lowest BCUT2D eigenvalue weighted by molar-refractivity contribution is -0.129. The highest BCUT2D eigenvalue weighted by atomic mass is 32.1. The average molecular weight is 524 g/mol. The summed E-state index contributed by atoms with van der Waals surface area (Å²) in [5, 5.41) is 18.4. The van der Waals surface area contributed by atoms with Crippen LogP contribution in [0.15, 0.2) is 30.4 Å². The minimum Gasteiger partial charge on any atom is -0.350 e. The zero-order chi connectivity index (χ0) is 26.8. The number of thiazole rings is 1. The summed E-state index contributed by atoms with van der Waals surface area (Å²) in [7, 11) is 0. The van der Waals surface area contributed by atoms with Crippen LogP contribution >= 0.6 is 11.3 Å². The summed E-state index contributed by atoms with van der Waals surface area (Å²) in [6.45, 7) is 7.50. The van der Waals surface area contributed by atoms with Crippen LogP contribution in [0, 0.1) is 17.2 Å². The molecular weight excluding hydrogens is 486 g/mol. The number of aryl methyl sites for hydroxylation is 1. The first-order valence-electron chi connectivity index (χ1n) is 13.2. The maximum atomic E-state index is 13.5. The Hall–Kier alpha value is -3.25. The quantitative estimate of drug-likeness (QED) is 0.287. The Morgan fingerprint density at radius 2 is 1.95 bits per heavy atom. The molecule has 0 radical (unpaired) electrons. The third-order valence-electron chi connectivity index (χ3n) is 6.86. The SMILES string of the molecule is C=C(C#N)C(=O)NC[C@H](CC1CCCCC1)NC(=O)[C@H](Cc1nc2ccc(CC)cc2s1)NC(=O)CC. The molecule has 3 amide bonds. The summed E-state index contributed by atoms with van der Waals surface area (Å²) in [5.41, 5.74) is 1.94. The largest absolute Gasteiger partial charge is 0.350 e. The fourth-order valence-electron chi connectivity index (χ4n) is 4.70. The highest BCUT2D eigenvalue weighted by Crippen LogP contribution is 2.28. The zero-order valence-corrected chi connectivity index (χ0v) is 22.6. The second-order valence-electron chi connectivity index (χ2n) is 9.69. The van der Waals surface area contributed by atoms with Gasteiger partial charge in [0.2, 0.25) is 11.8 Å². The molecule has 3 N–H and O–H groups in total. The molecule has 0 bridgehead atoms. The van der Waals surface area contributed by atoms with E-state index in [-0.39, 0.29) is 42.8 Å². The van der Waals surface area contributed by atoms with Gasteiger partial charge in [0.1, 0.15) is 17.7 Å². The maximum Gasteiger partial charge on any atom is 0.261 e. The number of nitriles is 1. The van der Waals surface area contributed by atoms with E-state index < -0.39 is 11.9 Å². The molecule has 9 heteroatoms. The zero-order valence-electron chi connectivity index (χ0n) is 21.8. The van der Waals surface area contributed by atoms with Gasteiger partial charge in [0.15, 0.2) is 0 Å². The lowest BCUT2D eigenvalue weighted by atomic mass is 9.84. The molecule has 0 unspecified atom stereocenters. The molecule has 1 aromatic heterocycles. The van der Waals surface area contributed by atoms with Gasteiger partial charge in [-0.1, -0.05) is 58.6 Å². The fourth-order valence-corrected chi connectivity index (χ4v) is 5.77. The topological polar surface area (TPSA) is 124 Å². The third-order valence-corrected chi connectivity index (χ3v) is 7.90. The van der Waals surface area contributed by atoms with Crippen molar-refractivity contribution in [3.63, 3.8) is 0 Å². The highest BCUT2D eigenvalue weighted by Gasteiger charge is 2.27. The van der Waals surface area contributed by atoms with Gasteiger partial charge in [0, 0.05) is 25.4 Å². The Morgan fingerprint density at radius 3 is 2.62 bits per heavy atom. The smallest absolute Gasteiger partial charge is 0.261 e. The summed E-state index contributed by atoms with van der Waals surface area (Å²) in [6.07, 6.45) is 7.93. The van der Waals surface area contributed by atoms with Crippen LogP contribution < -0.4 is 16.0 Å². The number of carbonyl (C=O) groups excluding carboxylic acids is 3.